The van der Waals surface area contributed by atoms with E-state index in [2.05, 4.69) is 25.9 Å². The summed E-state index contributed by atoms with van der Waals surface area (Å²) in [5.74, 6) is 0.184. The summed E-state index contributed by atoms with van der Waals surface area (Å²) in [5, 5.41) is 8.14. The van der Waals surface area contributed by atoms with Crippen molar-refractivity contribution in [1.82, 2.24) is 20.6 Å². The number of hydrogen-bond donors (Lipinski definition) is 3. The maximum absolute atomic E-state index is 12.1. The average Bonchev–Trinajstić information content (AvgIpc) is 3.34. The third-order valence-electron chi connectivity index (χ3n) is 4.74. The molecule has 2 fully saturated rings. The quantitative estimate of drug-likeness (QED) is 0.639. The smallest absolute Gasteiger partial charge is 0.290 e. The van der Waals surface area contributed by atoms with E-state index >= 15 is 0 Å². The van der Waals surface area contributed by atoms with Gasteiger partial charge in [0.25, 0.3) is 17.1 Å². The van der Waals surface area contributed by atoms with Gasteiger partial charge in [0.15, 0.2) is 5.76 Å². The zero-order chi connectivity index (χ0) is 20.2. The van der Waals surface area contributed by atoms with Crippen LogP contribution in [0.5, 0.6) is 0 Å². The van der Waals surface area contributed by atoms with Crippen LogP contribution in [-0.2, 0) is 4.79 Å². The van der Waals surface area contributed by atoms with Crippen LogP contribution in [0.3, 0.4) is 0 Å². The van der Waals surface area contributed by atoms with E-state index < -0.39 is 5.91 Å². The van der Waals surface area contributed by atoms with Crippen LogP contribution in [0, 0.1) is 0 Å². The molecule has 150 valence electrons. The molecule has 3 heterocycles. The number of thioether (sulfide) groups is 1. The molecule has 2 aromatic heterocycles. The number of aromatic nitrogens is 2. The Labute approximate surface area is 170 Å². The number of imide groups is 1. The number of rotatable bonds is 5. The van der Waals surface area contributed by atoms with E-state index in [1.807, 2.05) is 0 Å². The third kappa shape index (κ3) is 4.83. The fraction of sp³-hybridized carbons (Fsp3) is 0.316. The first-order valence-electron chi connectivity index (χ1n) is 9.25. The zero-order valence-corrected chi connectivity index (χ0v) is 16.2. The van der Waals surface area contributed by atoms with Gasteiger partial charge in [-0.15, -0.1) is 0 Å². The molecule has 2 aliphatic rings. The van der Waals surface area contributed by atoms with E-state index in [1.54, 1.807) is 30.5 Å². The Balaban J connectivity index is 1.30. The lowest BCUT2D eigenvalue weighted by Crippen LogP contribution is -2.40. The summed E-state index contributed by atoms with van der Waals surface area (Å²) in [5.41, 5.74) is 0.550. The van der Waals surface area contributed by atoms with Crippen LogP contribution in [0.4, 0.5) is 10.7 Å². The summed E-state index contributed by atoms with van der Waals surface area (Å²) in [6.07, 6.45) is 8.07. The van der Waals surface area contributed by atoms with Crippen LogP contribution >= 0.6 is 11.8 Å². The van der Waals surface area contributed by atoms with Gasteiger partial charge in [0.1, 0.15) is 0 Å². The van der Waals surface area contributed by atoms with Crippen LogP contribution in [0.15, 0.2) is 40.0 Å². The molecular formula is C19H19N5O4S. The molecule has 0 atom stereocenters. The van der Waals surface area contributed by atoms with Crippen LogP contribution in [0.2, 0.25) is 0 Å². The maximum Gasteiger partial charge on any atom is 0.290 e. The SMILES string of the molecule is O=C1NC(=O)/C(=C/c2ccnc(NC3CCC(NC(=O)c4ccco4)CC3)n2)S1. The van der Waals surface area contributed by atoms with E-state index in [0.717, 1.165) is 37.4 Å². The van der Waals surface area contributed by atoms with Gasteiger partial charge in [-0.3, -0.25) is 19.7 Å². The van der Waals surface area contributed by atoms with Crippen molar-refractivity contribution >= 4 is 40.8 Å². The largest absolute Gasteiger partial charge is 0.459 e. The van der Waals surface area contributed by atoms with Gasteiger partial charge < -0.3 is 15.1 Å². The normalized spacial score (nSPS) is 23.1. The molecular weight excluding hydrogens is 394 g/mol. The molecule has 2 aromatic rings. The molecule has 0 spiro atoms. The Hall–Kier alpha value is -3.14. The lowest BCUT2D eigenvalue weighted by molar-refractivity contribution is -0.115. The second-order valence-corrected chi connectivity index (χ2v) is 7.82. The minimum absolute atomic E-state index is 0.109. The molecule has 29 heavy (non-hydrogen) atoms. The van der Waals surface area contributed by atoms with Crippen molar-refractivity contribution in [3.8, 4) is 0 Å². The van der Waals surface area contributed by atoms with Crippen LogP contribution < -0.4 is 16.0 Å². The van der Waals surface area contributed by atoms with E-state index in [1.165, 1.54) is 6.26 Å². The number of carbonyl (C=O) groups excluding carboxylic acids is 3. The molecule has 9 nitrogen and oxygen atoms in total. The van der Waals surface area contributed by atoms with Gasteiger partial charge in [-0.05, 0) is 61.7 Å². The van der Waals surface area contributed by atoms with Crippen molar-refractivity contribution in [1.29, 1.82) is 0 Å². The maximum atomic E-state index is 12.1. The summed E-state index contributed by atoms with van der Waals surface area (Å²) in [6, 6.07) is 5.32. The van der Waals surface area contributed by atoms with Gasteiger partial charge in [0.2, 0.25) is 5.95 Å². The molecule has 1 saturated carbocycles. The highest BCUT2D eigenvalue weighted by Crippen LogP contribution is 2.25. The Kier molecular flexibility index (Phi) is 5.61. The molecule has 0 unspecified atom stereocenters. The topological polar surface area (TPSA) is 126 Å². The first kappa shape index (κ1) is 19.2. The molecule has 3 N–H and O–H groups in total. The number of furan rings is 1. The van der Waals surface area contributed by atoms with E-state index in [9.17, 15) is 14.4 Å². The van der Waals surface area contributed by atoms with Crippen LogP contribution in [0.1, 0.15) is 41.9 Å². The standard InChI is InChI=1S/C19H19N5O4S/c25-16(14-2-1-9-28-14)21-11-3-5-12(6-4-11)22-18-20-8-7-13(23-18)10-15-17(26)24-19(27)29-15/h1-2,7-12H,3-6H2,(H,21,25)(H,20,22,23)(H,24,26,27)/b15-10-. The van der Waals surface area contributed by atoms with Crippen molar-refractivity contribution in [2.24, 2.45) is 0 Å². The number of anilines is 1. The van der Waals surface area contributed by atoms with Crippen molar-refractivity contribution in [3.05, 3.63) is 47.0 Å². The van der Waals surface area contributed by atoms with Gasteiger partial charge in [0, 0.05) is 18.3 Å². The van der Waals surface area contributed by atoms with Gasteiger partial charge in [0.05, 0.1) is 16.9 Å². The molecule has 3 amide bonds. The Morgan fingerprint density at radius 2 is 2.00 bits per heavy atom. The highest BCUT2D eigenvalue weighted by molar-refractivity contribution is 8.18. The molecule has 10 heteroatoms. The van der Waals surface area contributed by atoms with E-state index in [-0.39, 0.29) is 23.2 Å². The summed E-state index contributed by atoms with van der Waals surface area (Å²) >= 11 is 0.854. The number of nitrogens with one attached hydrogen (secondary N) is 3. The minimum atomic E-state index is -0.414. The summed E-state index contributed by atoms with van der Waals surface area (Å²) in [4.78, 5) is 43.9. The predicted octanol–water partition coefficient (Wildman–Crippen LogP) is 2.55. The van der Waals surface area contributed by atoms with E-state index in [4.69, 9.17) is 4.42 Å². The lowest BCUT2D eigenvalue weighted by Gasteiger charge is -2.29. The first-order chi connectivity index (χ1) is 14.1. The molecule has 0 aromatic carbocycles. The highest BCUT2D eigenvalue weighted by atomic mass is 32.2. The molecule has 0 bridgehead atoms. The van der Waals surface area contributed by atoms with Gasteiger partial charge in [-0.2, -0.15) is 0 Å². The second kappa shape index (κ2) is 8.48. The van der Waals surface area contributed by atoms with Crippen molar-refractivity contribution in [2.75, 3.05) is 5.32 Å². The summed E-state index contributed by atoms with van der Waals surface area (Å²) < 4.78 is 5.12. The van der Waals surface area contributed by atoms with Gasteiger partial charge in [-0.1, -0.05) is 0 Å². The Bertz CT molecular complexity index is 951. The van der Waals surface area contributed by atoms with Crippen molar-refractivity contribution in [3.63, 3.8) is 0 Å². The summed E-state index contributed by atoms with van der Waals surface area (Å²) in [7, 11) is 0. The summed E-state index contributed by atoms with van der Waals surface area (Å²) in [6.45, 7) is 0. The monoisotopic (exact) mass is 413 g/mol. The fourth-order valence-corrected chi connectivity index (χ4v) is 3.97. The van der Waals surface area contributed by atoms with Crippen LogP contribution in [0.25, 0.3) is 6.08 Å². The molecule has 1 aliphatic carbocycles. The molecule has 1 saturated heterocycles. The van der Waals surface area contributed by atoms with Gasteiger partial charge in [-0.25, -0.2) is 9.97 Å². The molecule has 1 aliphatic heterocycles. The first-order valence-corrected chi connectivity index (χ1v) is 10.1. The average molecular weight is 413 g/mol. The minimum Gasteiger partial charge on any atom is -0.459 e. The number of nitrogens with zero attached hydrogens (tertiary/aromatic N) is 2. The Morgan fingerprint density at radius 3 is 2.69 bits per heavy atom. The Morgan fingerprint density at radius 1 is 1.21 bits per heavy atom. The number of carbonyl (C=O) groups is 3. The molecule has 4 rings (SSSR count). The van der Waals surface area contributed by atoms with Gasteiger partial charge >= 0.3 is 0 Å². The van der Waals surface area contributed by atoms with Crippen molar-refractivity contribution < 1.29 is 18.8 Å². The lowest BCUT2D eigenvalue weighted by atomic mass is 9.91. The van der Waals surface area contributed by atoms with Crippen molar-refractivity contribution in [2.45, 2.75) is 37.8 Å². The predicted molar refractivity (Wildman–Crippen MR) is 107 cm³/mol. The fourth-order valence-electron chi connectivity index (χ4n) is 3.31. The third-order valence-corrected chi connectivity index (χ3v) is 5.55. The van der Waals surface area contributed by atoms with E-state index in [0.29, 0.717) is 22.3 Å². The number of amides is 3. The zero-order valence-electron chi connectivity index (χ0n) is 15.4. The molecule has 0 radical (unpaired) electrons. The number of hydrogen-bond acceptors (Lipinski definition) is 8. The highest BCUT2D eigenvalue weighted by Gasteiger charge is 2.26. The second-order valence-electron chi connectivity index (χ2n) is 6.80. The van der Waals surface area contributed by atoms with Crippen LogP contribution in [-0.4, -0.2) is 39.1 Å².